The maximum Gasteiger partial charge on any atom is 0.303 e. The number of amides is 2. The van der Waals surface area contributed by atoms with Crippen LogP contribution in [0.25, 0.3) is 0 Å². The van der Waals surface area contributed by atoms with Crippen LogP contribution in [0.5, 0.6) is 5.75 Å². The number of nitrogens with one attached hydrogen (secondary N) is 2. The molecule has 21 atom stereocenters. The highest BCUT2D eigenvalue weighted by Gasteiger charge is 2.60. The number of ether oxygens (including phenoxy) is 19. The highest BCUT2D eigenvalue weighted by atomic mass is 16.8. The van der Waals surface area contributed by atoms with Gasteiger partial charge in [-0.05, 0) is 46.9 Å². The van der Waals surface area contributed by atoms with Gasteiger partial charge >= 0.3 is 35.8 Å². The Morgan fingerprint density at radius 3 is 1.36 bits per heavy atom. The summed E-state index contributed by atoms with van der Waals surface area (Å²) in [7, 11) is 0. The van der Waals surface area contributed by atoms with Crippen LogP contribution in [0.4, 0.5) is 5.69 Å². The number of rotatable bonds is 37. The van der Waals surface area contributed by atoms with Gasteiger partial charge in [0.05, 0.1) is 63.3 Å². The largest absolute Gasteiger partial charge is 0.463 e. The molecule has 0 aromatic heterocycles. The summed E-state index contributed by atoms with van der Waals surface area (Å²) in [6, 6.07) is 48.2. The fraction of sp³-hybridized carbons (Fsp3) is 0.470. The summed E-state index contributed by atoms with van der Waals surface area (Å²) in [6.07, 6.45) is -30.5. The molecular formula is C83H97N3O29. The molecule has 115 heavy (non-hydrogen) atoms. The number of carbonyl (C=O) groups is 8. The fourth-order valence-corrected chi connectivity index (χ4v) is 13.9. The van der Waals surface area contributed by atoms with Gasteiger partial charge in [0.15, 0.2) is 43.3 Å². The van der Waals surface area contributed by atoms with Crippen LogP contribution < -0.4 is 15.4 Å². The lowest BCUT2D eigenvalue weighted by atomic mass is 9.91. The Kier molecular flexibility index (Phi) is 32.6. The number of benzene rings is 6. The molecule has 0 saturated carbocycles. The standard InChI is InChI=1S/C83H97N3O29/c1-48-71(100-42-59-29-19-12-20-30-59)77(101-43-60-31-21-13-22-32-60)79(102-44-61-33-23-14-24-34-61)82(103-48)115-76-70(85-50(3)88)81(109-63-37-35-62(36-38-63)86(95)96)110-65(45-97-40-57-25-15-10-16-26-57)73(76)114-83-80(108-56(9)94)78(74(107-55(8)93)66(111-83)46-98-41-58-27-17-11-18-28-58)113-68-39-64(104-52(5)90)69(84-49(2)87)75(112-68)72(106-54(7)92)67(105-53(6)91)47-99-51(4)89/h10-38,48,64-83H,39-47H2,1-9H3,(H,84,87)(H,85,88)/t48-,64-,65-,66-,67-,68+,69-,70-,71+,72-,73-,74+,75+,76-,77+,78+,79-,80-,81-,82-,83-/m1/s1. The van der Waals surface area contributed by atoms with Crippen molar-refractivity contribution in [3.63, 3.8) is 0 Å². The molecule has 4 aliphatic heterocycles. The molecule has 618 valence electrons. The van der Waals surface area contributed by atoms with Crippen molar-refractivity contribution in [1.29, 1.82) is 0 Å². The predicted octanol–water partition coefficient (Wildman–Crippen LogP) is 7.86. The molecule has 4 fully saturated rings. The molecule has 0 aliphatic carbocycles. The lowest BCUT2D eigenvalue weighted by molar-refractivity contribution is -0.385. The van der Waals surface area contributed by atoms with Crippen molar-refractivity contribution < 1.29 is 133 Å². The van der Waals surface area contributed by atoms with Crippen LogP contribution in [-0.4, -0.2) is 201 Å². The molecule has 4 heterocycles. The average molecular weight is 1600 g/mol. The number of hydrogen-bond acceptors (Lipinski definition) is 29. The number of carbonyl (C=O) groups excluding carboxylic acids is 8. The van der Waals surface area contributed by atoms with E-state index in [1.54, 1.807) is 37.3 Å². The summed E-state index contributed by atoms with van der Waals surface area (Å²) in [4.78, 5) is 119. The van der Waals surface area contributed by atoms with Gasteiger partial charge in [-0.25, -0.2) is 0 Å². The van der Waals surface area contributed by atoms with Gasteiger partial charge in [0.2, 0.25) is 18.1 Å². The zero-order valence-corrected chi connectivity index (χ0v) is 65.0. The highest BCUT2D eigenvalue weighted by molar-refractivity contribution is 5.74. The minimum atomic E-state index is -2.01. The maximum atomic E-state index is 14.3. The molecule has 32 nitrogen and oxygen atoms in total. The normalized spacial score (nSPS) is 27.1. The summed E-state index contributed by atoms with van der Waals surface area (Å²) in [5.74, 6) is -7.00. The molecular weight excluding hydrogens is 1500 g/mol. The monoisotopic (exact) mass is 1600 g/mol. The lowest BCUT2D eigenvalue weighted by Gasteiger charge is -2.52. The maximum absolute atomic E-state index is 14.3. The van der Waals surface area contributed by atoms with E-state index < -0.39 is 208 Å². The van der Waals surface area contributed by atoms with Gasteiger partial charge in [-0.3, -0.25) is 48.5 Å². The Morgan fingerprint density at radius 1 is 0.435 bits per heavy atom. The van der Waals surface area contributed by atoms with E-state index in [1.807, 2.05) is 121 Å². The topological polar surface area (TPSA) is 379 Å². The second-order valence-corrected chi connectivity index (χ2v) is 27.8. The van der Waals surface area contributed by atoms with E-state index in [9.17, 15) is 48.5 Å². The number of non-ortho nitro benzene ring substituents is 1. The summed E-state index contributed by atoms with van der Waals surface area (Å²) in [5.41, 5.74) is 3.47. The minimum Gasteiger partial charge on any atom is -0.463 e. The molecule has 10 rings (SSSR count). The number of nitro groups is 1. The van der Waals surface area contributed by atoms with Gasteiger partial charge in [0.1, 0.15) is 79.4 Å². The number of nitrogens with zero attached hydrogens (tertiary/aromatic N) is 1. The van der Waals surface area contributed by atoms with Gasteiger partial charge in [-0.1, -0.05) is 152 Å². The van der Waals surface area contributed by atoms with Crippen molar-refractivity contribution in [3.8, 4) is 5.75 Å². The average Bonchev–Trinajstić information content (AvgIpc) is 0.757. The molecule has 0 unspecified atom stereocenters. The van der Waals surface area contributed by atoms with Crippen molar-refractivity contribution >= 4 is 53.3 Å². The summed E-state index contributed by atoms with van der Waals surface area (Å²) in [5, 5.41) is 17.8. The zero-order chi connectivity index (χ0) is 82.1. The quantitative estimate of drug-likeness (QED) is 0.0162. The van der Waals surface area contributed by atoms with E-state index in [1.165, 1.54) is 31.2 Å². The first-order chi connectivity index (χ1) is 55.3. The van der Waals surface area contributed by atoms with Crippen molar-refractivity contribution in [2.75, 3.05) is 19.8 Å². The molecule has 0 spiro atoms. The zero-order valence-electron chi connectivity index (χ0n) is 65.0. The molecule has 2 amide bonds. The predicted molar refractivity (Wildman–Crippen MR) is 400 cm³/mol. The van der Waals surface area contributed by atoms with Crippen LogP contribution in [-0.2, 0) is 157 Å². The second-order valence-electron chi connectivity index (χ2n) is 27.8. The number of hydrogen-bond donors (Lipinski definition) is 2. The van der Waals surface area contributed by atoms with Crippen LogP contribution in [0.1, 0.15) is 96.6 Å². The Labute approximate surface area is 664 Å². The Balaban J connectivity index is 1.15. The van der Waals surface area contributed by atoms with E-state index in [4.69, 9.17) is 90.0 Å². The van der Waals surface area contributed by atoms with Gasteiger partial charge in [0, 0.05) is 73.9 Å². The van der Waals surface area contributed by atoms with E-state index in [0.29, 0.717) is 11.1 Å². The Morgan fingerprint density at radius 2 is 0.878 bits per heavy atom. The third-order valence-corrected chi connectivity index (χ3v) is 18.7. The Hall–Kier alpha value is -10.2. The summed E-state index contributed by atoms with van der Waals surface area (Å²) >= 11 is 0. The van der Waals surface area contributed by atoms with Gasteiger partial charge < -0.3 is 101 Å². The van der Waals surface area contributed by atoms with Crippen LogP contribution >= 0.6 is 0 Å². The molecule has 2 N–H and O–H groups in total. The second kappa shape index (κ2) is 43.0. The van der Waals surface area contributed by atoms with Crippen LogP contribution in [0.2, 0.25) is 0 Å². The smallest absolute Gasteiger partial charge is 0.303 e. The molecule has 4 saturated heterocycles. The number of nitro benzene ring substituents is 1. The van der Waals surface area contributed by atoms with Gasteiger partial charge in [0.25, 0.3) is 5.69 Å². The Bertz CT molecular complexity index is 4120. The molecule has 0 radical (unpaired) electrons. The van der Waals surface area contributed by atoms with Crippen molar-refractivity contribution in [3.05, 3.63) is 214 Å². The number of esters is 6. The van der Waals surface area contributed by atoms with Gasteiger partial charge in [-0.2, -0.15) is 0 Å². The van der Waals surface area contributed by atoms with E-state index >= 15 is 0 Å². The molecule has 6 aromatic rings. The van der Waals surface area contributed by atoms with Crippen molar-refractivity contribution in [1.82, 2.24) is 10.6 Å². The first-order valence-corrected chi connectivity index (χ1v) is 37.6. The molecule has 4 aliphatic rings. The molecule has 32 heteroatoms. The SMILES string of the molecule is CC(=O)N[C@H]1[C@H](Oc2ccc([N+](=O)[O-])cc2)O[C@H](COCc2ccccc2)[C@@H](O[C@H]2O[C@H](COCc3ccccc3)[C@H](OC(C)=O)[C@H](O[C@H]3C[C@@H](OC(C)=O)[C@@H](NC(C)=O)[C@@H]([C@H](OC(C)=O)[C@@H](COC(C)=O)OC(C)=O)O3)[C@H]2OC(C)=O)[C@@H]1O[C@H]1O[C@H](C)[C@H](OCc2ccccc2)[C@H](OCc2ccccc2)[C@H]1OCc1ccccc1. The van der Waals surface area contributed by atoms with Crippen LogP contribution in [0.15, 0.2) is 176 Å². The minimum absolute atomic E-state index is 0.0183. The van der Waals surface area contributed by atoms with Crippen LogP contribution in [0.3, 0.4) is 0 Å². The van der Waals surface area contributed by atoms with Crippen molar-refractivity contribution in [2.45, 2.75) is 231 Å². The highest BCUT2D eigenvalue weighted by Crippen LogP contribution is 2.41. The van der Waals surface area contributed by atoms with Crippen molar-refractivity contribution in [2.24, 2.45) is 0 Å². The van der Waals surface area contributed by atoms with E-state index in [-0.39, 0.29) is 44.5 Å². The third-order valence-electron chi connectivity index (χ3n) is 18.7. The third kappa shape index (κ3) is 25.9. The summed E-state index contributed by atoms with van der Waals surface area (Å²) in [6.45, 7) is 8.76. The molecule has 6 aromatic carbocycles. The lowest BCUT2D eigenvalue weighted by Crippen LogP contribution is -2.71. The summed E-state index contributed by atoms with van der Waals surface area (Å²) < 4.78 is 126. The van der Waals surface area contributed by atoms with E-state index in [0.717, 1.165) is 65.2 Å². The van der Waals surface area contributed by atoms with Crippen LogP contribution in [0, 0.1) is 10.1 Å². The first kappa shape index (κ1) is 87.2. The first-order valence-electron chi connectivity index (χ1n) is 37.6. The van der Waals surface area contributed by atoms with E-state index in [2.05, 4.69) is 10.6 Å². The fourth-order valence-electron chi connectivity index (χ4n) is 13.9. The molecule has 0 bridgehead atoms. The van der Waals surface area contributed by atoms with Gasteiger partial charge in [-0.15, -0.1) is 0 Å².